The van der Waals surface area contributed by atoms with E-state index in [1.807, 2.05) is 13.0 Å². The Balaban J connectivity index is 2.22. The molecule has 19 heavy (non-hydrogen) atoms. The highest BCUT2D eigenvalue weighted by atomic mass is 16.3. The molecule has 0 spiro atoms. The van der Waals surface area contributed by atoms with E-state index in [0.29, 0.717) is 5.41 Å². The summed E-state index contributed by atoms with van der Waals surface area (Å²) < 4.78 is 0. The Labute approximate surface area is 117 Å². The number of para-hydroxylation sites is 1. The second-order valence-corrected chi connectivity index (χ2v) is 6.49. The van der Waals surface area contributed by atoms with Crippen LogP contribution in [0.25, 0.3) is 0 Å². The summed E-state index contributed by atoms with van der Waals surface area (Å²) in [5, 5.41) is 10.2. The molecule has 106 valence electrons. The highest BCUT2D eigenvalue weighted by Gasteiger charge is 2.24. The number of aliphatic hydroxyl groups is 1. The molecule has 2 nitrogen and oxygen atoms in total. The number of rotatable bonds is 3. The Morgan fingerprint density at radius 3 is 2.68 bits per heavy atom. The van der Waals surface area contributed by atoms with Crippen LogP contribution < -0.4 is 4.90 Å². The molecule has 1 aliphatic heterocycles. The lowest BCUT2D eigenvalue weighted by atomic mass is 9.85. The Morgan fingerprint density at radius 1 is 1.21 bits per heavy atom. The predicted octanol–water partition coefficient (Wildman–Crippen LogP) is 4.15. The van der Waals surface area contributed by atoms with Crippen LogP contribution in [0.5, 0.6) is 0 Å². The molecule has 1 aromatic rings. The second-order valence-electron chi connectivity index (χ2n) is 6.49. The van der Waals surface area contributed by atoms with E-state index >= 15 is 0 Å². The van der Waals surface area contributed by atoms with E-state index in [2.05, 4.69) is 36.9 Å². The van der Waals surface area contributed by atoms with E-state index in [4.69, 9.17) is 0 Å². The standard InChI is InChI=1S/C17H27NO/c1-4-16(19)14-8-5-6-9-15(14)18-12-7-10-17(2,3)11-13-18/h5-6,8-9,16,19H,4,7,10-13H2,1-3H3/t16-/m0/s1. The molecule has 1 aromatic carbocycles. The normalized spacial score (nSPS) is 20.9. The number of benzene rings is 1. The van der Waals surface area contributed by atoms with Crippen molar-refractivity contribution in [2.24, 2.45) is 5.41 Å². The average Bonchev–Trinajstić information content (AvgIpc) is 2.59. The maximum Gasteiger partial charge on any atom is 0.0807 e. The van der Waals surface area contributed by atoms with Gasteiger partial charge >= 0.3 is 0 Å². The van der Waals surface area contributed by atoms with E-state index in [0.717, 1.165) is 25.1 Å². The zero-order valence-electron chi connectivity index (χ0n) is 12.5. The minimum absolute atomic E-state index is 0.340. The number of hydrogen-bond donors (Lipinski definition) is 1. The number of nitrogens with zero attached hydrogens (tertiary/aromatic N) is 1. The van der Waals surface area contributed by atoms with Crippen LogP contribution in [0.15, 0.2) is 24.3 Å². The first-order chi connectivity index (χ1) is 9.03. The van der Waals surface area contributed by atoms with Gasteiger partial charge in [0.25, 0.3) is 0 Å². The number of hydrogen-bond acceptors (Lipinski definition) is 2. The zero-order valence-corrected chi connectivity index (χ0v) is 12.5. The van der Waals surface area contributed by atoms with Gasteiger partial charge in [-0.25, -0.2) is 0 Å². The molecular formula is C17H27NO. The van der Waals surface area contributed by atoms with Crippen LogP contribution in [0.4, 0.5) is 5.69 Å². The summed E-state index contributed by atoms with van der Waals surface area (Å²) in [6.07, 6.45) is 4.19. The van der Waals surface area contributed by atoms with E-state index in [9.17, 15) is 5.11 Å². The van der Waals surface area contributed by atoms with Crippen molar-refractivity contribution >= 4 is 5.69 Å². The van der Waals surface area contributed by atoms with Gasteiger partial charge in [-0.15, -0.1) is 0 Å². The van der Waals surface area contributed by atoms with Gasteiger partial charge in [-0.1, -0.05) is 39.0 Å². The fraction of sp³-hybridized carbons (Fsp3) is 0.647. The topological polar surface area (TPSA) is 23.5 Å². The number of aliphatic hydroxyl groups excluding tert-OH is 1. The summed E-state index contributed by atoms with van der Waals surface area (Å²) in [5.41, 5.74) is 2.77. The molecule has 0 saturated carbocycles. The van der Waals surface area contributed by atoms with Gasteiger partial charge in [0, 0.05) is 24.3 Å². The van der Waals surface area contributed by atoms with Gasteiger partial charge in [0.2, 0.25) is 0 Å². The average molecular weight is 261 g/mol. The largest absolute Gasteiger partial charge is 0.388 e. The fourth-order valence-corrected chi connectivity index (χ4v) is 2.94. The van der Waals surface area contributed by atoms with Gasteiger partial charge in [0.1, 0.15) is 0 Å². The van der Waals surface area contributed by atoms with Crippen LogP contribution in [0, 0.1) is 5.41 Å². The Kier molecular flexibility index (Phi) is 4.51. The molecule has 2 heteroatoms. The fourth-order valence-electron chi connectivity index (χ4n) is 2.94. The van der Waals surface area contributed by atoms with Crippen LogP contribution in [-0.2, 0) is 0 Å². The molecule has 1 atom stereocenters. The Bertz CT molecular complexity index is 413. The van der Waals surface area contributed by atoms with Crippen molar-refractivity contribution in [2.75, 3.05) is 18.0 Å². The first kappa shape index (κ1) is 14.4. The summed E-state index contributed by atoms with van der Waals surface area (Å²) in [6, 6.07) is 8.34. The van der Waals surface area contributed by atoms with E-state index in [-0.39, 0.29) is 6.10 Å². The maximum atomic E-state index is 10.2. The molecule has 0 radical (unpaired) electrons. The molecule has 0 amide bonds. The Morgan fingerprint density at radius 2 is 1.95 bits per heavy atom. The van der Waals surface area contributed by atoms with Gasteiger partial charge in [-0.3, -0.25) is 0 Å². The van der Waals surface area contributed by atoms with Crippen molar-refractivity contribution < 1.29 is 5.11 Å². The molecule has 1 heterocycles. The van der Waals surface area contributed by atoms with Crippen molar-refractivity contribution in [1.82, 2.24) is 0 Å². The van der Waals surface area contributed by atoms with E-state index in [1.165, 1.54) is 24.9 Å². The maximum absolute atomic E-state index is 10.2. The first-order valence-corrected chi connectivity index (χ1v) is 7.55. The van der Waals surface area contributed by atoms with Crippen LogP contribution in [0.3, 0.4) is 0 Å². The molecule has 1 aliphatic rings. The SMILES string of the molecule is CC[C@H](O)c1ccccc1N1CCCC(C)(C)CC1. The van der Waals surface area contributed by atoms with Crippen molar-refractivity contribution in [3.63, 3.8) is 0 Å². The summed E-state index contributed by atoms with van der Waals surface area (Å²) in [5.74, 6) is 0. The molecule has 1 fully saturated rings. The highest BCUT2D eigenvalue weighted by molar-refractivity contribution is 5.54. The quantitative estimate of drug-likeness (QED) is 0.883. The lowest BCUT2D eigenvalue weighted by Crippen LogP contribution is -2.26. The lowest BCUT2D eigenvalue weighted by Gasteiger charge is -2.28. The van der Waals surface area contributed by atoms with E-state index < -0.39 is 0 Å². The summed E-state index contributed by atoms with van der Waals surface area (Å²) >= 11 is 0. The summed E-state index contributed by atoms with van der Waals surface area (Å²) in [6.45, 7) is 8.97. The van der Waals surface area contributed by atoms with Crippen molar-refractivity contribution in [3.8, 4) is 0 Å². The minimum atomic E-state index is -0.340. The van der Waals surface area contributed by atoms with Gasteiger partial charge in [-0.2, -0.15) is 0 Å². The molecule has 2 rings (SSSR count). The zero-order chi connectivity index (χ0) is 13.9. The Hall–Kier alpha value is -1.02. The molecule has 1 N–H and O–H groups in total. The second kappa shape index (κ2) is 5.96. The van der Waals surface area contributed by atoms with Gasteiger partial charge in [-0.05, 0) is 37.2 Å². The molecule has 0 unspecified atom stereocenters. The van der Waals surface area contributed by atoms with Gasteiger partial charge in [0.05, 0.1) is 6.10 Å². The molecule has 0 bridgehead atoms. The lowest BCUT2D eigenvalue weighted by molar-refractivity contribution is 0.174. The summed E-state index contributed by atoms with van der Waals surface area (Å²) in [7, 11) is 0. The van der Waals surface area contributed by atoms with Crippen molar-refractivity contribution in [3.05, 3.63) is 29.8 Å². The van der Waals surface area contributed by atoms with Crippen LogP contribution in [0.2, 0.25) is 0 Å². The molecule has 1 saturated heterocycles. The smallest absolute Gasteiger partial charge is 0.0807 e. The summed E-state index contributed by atoms with van der Waals surface area (Å²) in [4.78, 5) is 2.46. The minimum Gasteiger partial charge on any atom is -0.388 e. The number of anilines is 1. The molecular weight excluding hydrogens is 234 g/mol. The van der Waals surface area contributed by atoms with Gasteiger partial charge in [0.15, 0.2) is 0 Å². The first-order valence-electron chi connectivity index (χ1n) is 7.55. The monoisotopic (exact) mass is 261 g/mol. The third-order valence-corrected chi connectivity index (χ3v) is 4.36. The van der Waals surface area contributed by atoms with Crippen molar-refractivity contribution in [1.29, 1.82) is 0 Å². The third-order valence-electron chi connectivity index (χ3n) is 4.36. The van der Waals surface area contributed by atoms with Crippen LogP contribution in [0.1, 0.15) is 58.1 Å². The molecule has 0 aromatic heterocycles. The van der Waals surface area contributed by atoms with Gasteiger partial charge < -0.3 is 10.0 Å². The van der Waals surface area contributed by atoms with Crippen LogP contribution >= 0.6 is 0 Å². The predicted molar refractivity (Wildman–Crippen MR) is 81.5 cm³/mol. The molecule has 0 aliphatic carbocycles. The third kappa shape index (κ3) is 3.50. The van der Waals surface area contributed by atoms with Crippen LogP contribution in [-0.4, -0.2) is 18.2 Å². The van der Waals surface area contributed by atoms with Crippen molar-refractivity contribution in [2.45, 2.75) is 52.6 Å². The van der Waals surface area contributed by atoms with E-state index in [1.54, 1.807) is 0 Å². The highest BCUT2D eigenvalue weighted by Crippen LogP contribution is 2.34.